The average molecular weight is 404 g/mol. The SMILES string of the molecule is CCCCCCCCCCCCN1CCC(C)C1.O=S(=O)(O)C(F)(F)F. The highest BCUT2D eigenvalue weighted by Gasteiger charge is 2.44. The Kier molecular flexibility index (Phi) is 13.6. The Hall–Kier alpha value is -0.340. The molecule has 8 heteroatoms. The van der Waals surface area contributed by atoms with Gasteiger partial charge in [0.25, 0.3) is 0 Å². The minimum atomic E-state index is -5.84. The fourth-order valence-corrected chi connectivity index (χ4v) is 3.05. The molecule has 0 aliphatic carbocycles. The van der Waals surface area contributed by atoms with E-state index in [4.69, 9.17) is 13.0 Å². The highest BCUT2D eigenvalue weighted by atomic mass is 32.2. The topological polar surface area (TPSA) is 57.6 Å². The third-order valence-electron chi connectivity index (χ3n) is 4.63. The van der Waals surface area contributed by atoms with Gasteiger partial charge in [-0.15, -0.1) is 0 Å². The number of halogens is 3. The van der Waals surface area contributed by atoms with E-state index in [1.807, 2.05) is 0 Å². The van der Waals surface area contributed by atoms with Gasteiger partial charge in [0.15, 0.2) is 0 Å². The van der Waals surface area contributed by atoms with Crippen molar-refractivity contribution < 1.29 is 26.1 Å². The summed E-state index contributed by atoms with van der Waals surface area (Å²) in [4.78, 5) is 2.66. The third kappa shape index (κ3) is 13.8. The molecule has 0 spiro atoms. The van der Waals surface area contributed by atoms with Gasteiger partial charge in [-0.2, -0.15) is 21.6 Å². The van der Waals surface area contributed by atoms with Crippen LogP contribution in [0.1, 0.15) is 84.5 Å². The molecule has 1 unspecified atom stereocenters. The lowest BCUT2D eigenvalue weighted by atomic mass is 10.1. The maximum absolute atomic E-state index is 10.7. The first-order valence-corrected chi connectivity index (χ1v) is 11.3. The maximum atomic E-state index is 10.7. The monoisotopic (exact) mass is 403 g/mol. The summed E-state index contributed by atoms with van der Waals surface area (Å²) in [7, 11) is -5.84. The second-order valence-electron chi connectivity index (χ2n) is 7.30. The van der Waals surface area contributed by atoms with Gasteiger partial charge >= 0.3 is 15.6 Å². The normalized spacial score (nSPS) is 18.6. The zero-order chi connectivity index (χ0) is 20.1. The molecule has 0 aromatic rings. The van der Waals surface area contributed by atoms with E-state index in [0.717, 1.165) is 5.92 Å². The molecule has 1 fully saturated rings. The van der Waals surface area contributed by atoms with E-state index >= 15 is 0 Å². The Morgan fingerprint density at radius 1 is 0.962 bits per heavy atom. The number of hydrogen-bond donors (Lipinski definition) is 1. The lowest BCUT2D eigenvalue weighted by molar-refractivity contribution is -0.0510. The minimum Gasteiger partial charge on any atom is -0.303 e. The molecule has 0 saturated carbocycles. The highest BCUT2D eigenvalue weighted by Crippen LogP contribution is 2.20. The van der Waals surface area contributed by atoms with Crippen LogP contribution in [0.3, 0.4) is 0 Å². The summed E-state index contributed by atoms with van der Waals surface area (Å²) < 4.78 is 57.5. The van der Waals surface area contributed by atoms with Crippen molar-refractivity contribution in [3.63, 3.8) is 0 Å². The summed E-state index contributed by atoms with van der Waals surface area (Å²) in [6.45, 7) is 8.76. The Morgan fingerprint density at radius 2 is 1.38 bits per heavy atom. The summed E-state index contributed by atoms with van der Waals surface area (Å²) in [6, 6.07) is 0. The lowest BCUT2D eigenvalue weighted by Crippen LogP contribution is -2.21. The van der Waals surface area contributed by atoms with E-state index in [1.54, 1.807) is 0 Å². The minimum absolute atomic E-state index is 0.952. The number of unbranched alkanes of at least 4 members (excludes halogenated alkanes) is 9. The van der Waals surface area contributed by atoms with Crippen molar-refractivity contribution in [2.75, 3.05) is 19.6 Å². The molecule has 0 aromatic carbocycles. The standard InChI is InChI=1S/C17H35N.CHF3O3S/c1-3-4-5-6-7-8-9-10-11-12-14-18-15-13-17(2)16-18;2-1(3,4)8(5,6)7/h17H,3-16H2,1-2H3;(H,5,6,7). The van der Waals surface area contributed by atoms with Crippen molar-refractivity contribution >= 4 is 10.1 Å². The summed E-state index contributed by atoms with van der Waals surface area (Å²) in [5, 5.41) is 0. The molecule has 1 aliphatic rings. The van der Waals surface area contributed by atoms with Crippen LogP contribution in [0.25, 0.3) is 0 Å². The van der Waals surface area contributed by atoms with Gasteiger partial charge in [0.2, 0.25) is 0 Å². The van der Waals surface area contributed by atoms with Crippen molar-refractivity contribution in [2.45, 2.75) is 90.0 Å². The van der Waals surface area contributed by atoms with Crippen LogP contribution in [0.5, 0.6) is 0 Å². The van der Waals surface area contributed by atoms with Crippen molar-refractivity contribution in [2.24, 2.45) is 5.92 Å². The van der Waals surface area contributed by atoms with Gasteiger partial charge in [-0.25, -0.2) is 0 Å². The van der Waals surface area contributed by atoms with E-state index in [1.165, 1.54) is 90.3 Å². The van der Waals surface area contributed by atoms with Crippen LogP contribution < -0.4 is 0 Å². The molecule has 1 atom stereocenters. The van der Waals surface area contributed by atoms with Gasteiger partial charge in [-0.05, 0) is 31.8 Å². The first-order valence-electron chi connectivity index (χ1n) is 9.84. The van der Waals surface area contributed by atoms with E-state index < -0.39 is 15.6 Å². The van der Waals surface area contributed by atoms with E-state index in [2.05, 4.69) is 18.7 Å². The van der Waals surface area contributed by atoms with Crippen LogP contribution in [0.4, 0.5) is 13.2 Å². The first-order chi connectivity index (χ1) is 12.1. The number of hydrogen-bond acceptors (Lipinski definition) is 3. The van der Waals surface area contributed by atoms with Crippen LogP contribution in [-0.2, 0) is 10.1 Å². The van der Waals surface area contributed by atoms with Crippen molar-refractivity contribution in [1.82, 2.24) is 4.90 Å². The molecule has 1 N–H and O–H groups in total. The van der Waals surface area contributed by atoms with E-state index in [0.29, 0.717) is 0 Å². The van der Waals surface area contributed by atoms with E-state index in [9.17, 15) is 13.2 Å². The summed E-state index contributed by atoms with van der Waals surface area (Å²) in [6.07, 6.45) is 16.0. The third-order valence-corrected chi connectivity index (χ3v) is 5.21. The molecule has 0 radical (unpaired) electrons. The Morgan fingerprint density at radius 3 is 1.73 bits per heavy atom. The Labute approximate surface area is 157 Å². The molecule has 0 amide bonds. The smallest absolute Gasteiger partial charge is 0.303 e. The molecule has 158 valence electrons. The molecule has 1 aliphatic heterocycles. The average Bonchev–Trinajstić information content (AvgIpc) is 2.93. The summed E-state index contributed by atoms with van der Waals surface area (Å²) >= 11 is 0. The largest absolute Gasteiger partial charge is 0.522 e. The van der Waals surface area contributed by atoms with Crippen molar-refractivity contribution in [3.8, 4) is 0 Å². The zero-order valence-electron chi connectivity index (χ0n) is 16.2. The molecule has 26 heavy (non-hydrogen) atoms. The second-order valence-corrected chi connectivity index (χ2v) is 8.71. The van der Waals surface area contributed by atoms with Gasteiger partial charge in [-0.3, -0.25) is 4.55 Å². The van der Waals surface area contributed by atoms with Crippen LogP contribution in [0, 0.1) is 5.92 Å². The lowest BCUT2D eigenvalue weighted by Gasteiger charge is -2.14. The molecule has 1 rings (SSSR count). The zero-order valence-corrected chi connectivity index (χ0v) is 17.0. The molecular formula is C18H36F3NO3S. The molecule has 0 bridgehead atoms. The van der Waals surface area contributed by atoms with Crippen LogP contribution in [0.2, 0.25) is 0 Å². The predicted octanol–water partition coefficient (Wildman–Crippen LogP) is 5.64. The number of likely N-dealkylation sites (tertiary alicyclic amines) is 1. The van der Waals surface area contributed by atoms with E-state index in [-0.39, 0.29) is 0 Å². The Bertz CT molecular complexity index is 441. The number of rotatable bonds is 11. The Balaban J connectivity index is 0.000000660. The van der Waals surface area contributed by atoms with Gasteiger partial charge < -0.3 is 4.90 Å². The van der Waals surface area contributed by atoms with Crippen LogP contribution >= 0.6 is 0 Å². The summed E-state index contributed by atoms with van der Waals surface area (Å²) in [5.41, 5.74) is -5.53. The van der Waals surface area contributed by atoms with Gasteiger partial charge in [-0.1, -0.05) is 71.6 Å². The number of nitrogens with zero attached hydrogens (tertiary/aromatic N) is 1. The quantitative estimate of drug-likeness (QED) is 0.275. The molecular weight excluding hydrogens is 367 g/mol. The maximum Gasteiger partial charge on any atom is 0.522 e. The molecule has 4 nitrogen and oxygen atoms in total. The molecule has 1 saturated heterocycles. The highest BCUT2D eigenvalue weighted by molar-refractivity contribution is 7.86. The first kappa shape index (κ1) is 25.7. The van der Waals surface area contributed by atoms with Gasteiger partial charge in [0.1, 0.15) is 0 Å². The fraction of sp³-hybridized carbons (Fsp3) is 1.00. The van der Waals surface area contributed by atoms with Gasteiger partial charge in [0, 0.05) is 6.54 Å². The number of alkyl halides is 3. The van der Waals surface area contributed by atoms with Crippen molar-refractivity contribution in [1.29, 1.82) is 0 Å². The molecule has 1 heterocycles. The second kappa shape index (κ2) is 13.8. The van der Waals surface area contributed by atoms with Crippen LogP contribution in [-0.4, -0.2) is 43.0 Å². The predicted molar refractivity (Wildman–Crippen MR) is 99.7 cm³/mol. The van der Waals surface area contributed by atoms with Gasteiger partial charge in [0.05, 0.1) is 0 Å². The van der Waals surface area contributed by atoms with Crippen molar-refractivity contribution in [3.05, 3.63) is 0 Å². The van der Waals surface area contributed by atoms with Crippen LogP contribution in [0.15, 0.2) is 0 Å². The molecule has 0 aromatic heterocycles. The fourth-order valence-electron chi connectivity index (χ4n) is 3.05. The summed E-state index contributed by atoms with van der Waals surface area (Å²) in [5.74, 6) is 0.952.